The van der Waals surface area contributed by atoms with E-state index in [1.807, 2.05) is 0 Å². The smallest absolute Gasteiger partial charge is 0.345 e. The minimum absolute atomic E-state index is 0.0749. The molecule has 5 rings (SSSR count). The van der Waals surface area contributed by atoms with Crippen LogP contribution in [0.4, 0.5) is 0 Å². The van der Waals surface area contributed by atoms with Crippen molar-refractivity contribution < 1.29 is 79.7 Å². The molecule has 0 aromatic heterocycles. The van der Waals surface area contributed by atoms with Crippen LogP contribution in [0.2, 0.25) is 0 Å². The number of carboxylic acids is 2. The van der Waals surface area contributed by atoms with Crippen molar-refractivity contribution in [1.29, 1.82) is 0 Å². The van der Waals surface area contributed by atoms with Crippen LogP contribution in [0.5, 0.6) is 46.0 Å². The highest BCUT2D eigenvalue weighted by Gasteiger charge is 2.46. The summed E-state index contributed by atoms with van der Waals surface area (Å²) in [4.78, 5) is 52.7. The van der Waals surface area contributed by atoms with E-state index in [1.165, 1.54) is 24.3 Å². The third-order valence-electron chi connectivity index (χ3n) is 8.35. The Morgan fingerprint density at radius 3 is 1.56 bits per heavy atom. The molecule has 4 atom stereocenters. The van der Waals surface area contributed by atoms with Crippen molar-refractivity contribution in [2.75, 3.05) is 0 Å². The van der Waals surface area contributed by atoms with Crippen molar-refractivity contribution in [3.05, 3.63) is 100 Å². The first kappa shape index (κ1) is 36.2. The fourth-order valence-corrected chi connectivity index (χ4v) is 5.80. The van der Waals surface area contributed by atoms with Crippen molar-refractivity contribution in [3.8, 4) is 46.0 Å². The second-order valence-electron chi connectivity index (χ2n) is 11.8. The lowest BCUT2D eigenvalue weighted by Crippen LogP contribution is -2.37. The van der Waals surface area contributed by atoms with Gasteiger partial charge in [0.1, 0.15) is 0 Å². The molecule has 4 aromatic carbocycles. The topological polar surface area (TPSA) is 289 Å². The van der Waals surface area contributed by atoms with Crippen molar-refractivity contribution in [1.82, 2.24) is 0 Å². The van der Waals surface area contributed by atoms with Crippen LogP contribution in [0.1, 0.15) is 39.7 Å². The van der Waals surface area contributed by atoms with Gasteiger partial charge in [-0.05, 0) is 70.8 Å². The molecule has 0 amide bonds. The number of rotatable bonds is 11. The van der Waals surface area contributed by atoms with Crippen LogP contribution in [0.15, 0.2) is 72.3 Å². The van der Waals surface area contributed by atoms with Gasteiger partial charge in [-0.1, -0.05) is 24.3 Å². The molecule has 270 valence electrons. The summed E-state index contributed by atoms with van der Waals surface area (Å²) in [5.41, 5.74) is -0.735. The van der Waals surface area contributed by atoms with Gasteiger partial charge in [0.2, 0.25) is 12.2 Å². The normalized spacial score (nSPS) is 16.1. The summed E-state index contributed by atoms with van der Waals surface area (Å²) >= 11 is 0. The summed E-state index contributed by atoms with van der Waals surface area (Å²) < 4.78 is 10.8. The highest BCUT2D eigenvalue weighted by Crippen LogP contribution is 2.52. The van der Waals surface area contributed by atoms with Crippen LogP contribution in [-0.4, -0.2) is 87.2 Å². The number of phenols is 8. The summed E-state index contributed by atoms with van der Waals surface area (Å²) in [5, 5.41) is 101. The first-order chi connectivity index (χ1) is 24.5. The van der Waals surface area contributed by atoms with Crippen LogP contribution in [0.3, 0.4) is 0 Å². The number of fused-ring (bicyclic) bond motifs is 1. The molecule has 52 heavy (non-hydrogen) atoms. The molecule has 0 fully saturated rings. The van der Waals surface area contributed by atoms with E-state index in [2.05, 4.69) is 0 Å². The SMILES string of the molecule is O=C(O[C@@H](Cc1ccc(O)c(O)c1)C(=O)O)C1=Cc2ccc(O)c(O)c2[C@H](C(=O)O[C@@H](Cc2ccc(O)c(O)c2)C(=O)O)[C@H]1c1ccc(O)c(O)c1. The molecule has 16 heteroatoms. The number of aromatic hydroxyl groups is 8. The van der Waals surface area contributed by atoms with Gasteiger partial charge in [0.15, 0.2) is 46.0 Å². The molecule has 0 heterocycles. The number of aliphatic carboxylic acids is 2. The Kier molecular flexibility index (Phi) is 10.0. The monoisotopic (exact) mass is 718 g/mol. The Hall–Kier alpha value is -7.10. The molecular formula is C36H30O16. The van der Waals surface area contributed by atoms with E-state index in [4.69, 9.17) is 9.47 Å². The van der Waals surface area contributed by atoms with Crippen LogP contribution in [0.25, 0.3) is 6.08 Å². The predicted octanol–water partition coefficient (Wildman–Crippen LogP) is 3.07. The van der Waals surface area contributed by atoms with Crippen molar-refractivity contribution in [2.45, 2.75) is 36.9 Å². The Morgan fingerprint density at radius 2 is 1.06 bits per heavy atom. The summed E-state index contributed by atoms with van der Waals surface area (Å²) in [6, 6.07) is 12.1. The lowest BCUT2D eigenvalue weighted by atomic mass is 9.71. The number of carbonyl (C=O) groups is 4. The molecule has 1 aliphatic carbocycles. The Balaban J connectivity index is 1.61. The van der Waals surface area contributed by atoms with E-state index in [0.29, 0.717) is 0 Å². The van der Waals surface area contributed by atoms with Crippen LogP contribution < -0.4 is 0 Å². The molecule has 0 saturated carbocycles. The number of carbonyl (C=O) groups excluding carboxylic acids is 2. The van der Waals surface area contributed by atoms with Crippen LogP contribution in [0, 0.1) is 0 Å². The molecule has 4 aromatic rings. The third-order valence-corrected chi connectivity index (χ3v) is 8.35. The zero-order valence-corrected chi connectivity index (χ0v) is 26.6. The third kappa shape index (κ3) is 7.40. The standard InChI is InChI=1S/C36H30O16/c37-20-5-1-15(9-24(20)41)11-27(33(45)46)51-35(49)19-13-17-4-8-23(40)32(44)30(17)31(29(19)18-3-7-22(39)26(43)14-18)36(50)52-28(34(47)48)12-16-2-6-21(38)25(42)10-16/h1-10,13-14,27-29,31,37-44H,11-12H2,(H,45,46)(H,47,48)/t27-,28-,29-,31+/m0/s1. The fraction of sp³-hybridized carbons (Fsp3) is 0.167. The van der Waals surface area contributed by atoms with Gasteiger partial charge in [0.25, 0.3) is 0 Å². The number of hydrogen-bond acceptors (Lipinski definition) is 14. The summed E-state index contributed by atoms with van der Waals surface area (Å²) in [6.45, 7) is 0. The molecule has 16 nitrogen and oxygen atoms in total. The quantitative estimate of drug-likeness (QED) is 0.0787. The van der Waals surface area contributed by atoms with Crippen LogP contribution >= 0.6 is 0 Å². The number of carboxylic acid groups (broad SMARTS) is 2. The van der Waals surface area contributed by atoms with Gasteiger partial charge in [-0.25, -0.2) is 14.4 Å². The second kappa shape index (κ2) is 14.4. The maximum atomic E-state index is 14.2. The van der Waals surface area contributed by atoms with Gasteiger partial charge in [0.05, 0.1) is 5.92 Å². The van der Waals surface area contributed by atoms with Gasteiger partial charge in [-0.2, -0.15) is 0 Å². The number of ether oxygens (including phenoxy) is 2. The van der Waals surface area contributed by atoms with E-state index >= 15 is 0 Å². The average Bonchev–Trinajstić information content (AvgIpc) is 3.09. The minimum atomic E-state index is -1.97. The Labute approximate surface area is 292 Å². The van der Waals surface area contributed by atoms with Crippen molar-refractivity contribution in [3.63, 3.8) is 0 Å². The lowest BCUT2D eigenvalue weighted by molar-refractivity contribution is -0.165. The zero-order chi connectivity index (χ0) is 38.0. The minimum Gasteiger partial charge on any atom is -0.504 e. The Bertz CT molecular complexity index is 2120. The Morgan fingerprint density at radius 1 is 0.577 bits per heavy atom. The van der Waals surface area contributed by atoms with Crippen molar-refractivity contribution >= 4 is 30.0 Å². The molecule has 0 radical (unpaired) electrons. The summed E-state index contributed by atoms with van der Waals surface area (Å²) in [5.74, 6) is -14.6. The van der Waals surface area contributed by atoms with E-state index in [9.17, 15) is 70.2 Å². The molecule has 0 aliphatic heterocycles. The number of esters is 2. The molecular weight excluding hydrogens is 688 g/mol. The van der Waals surface area contributed by atoms with Crippen molar-refractivity contribution in [2.24, 2.45) is 0 Å². The second-order valence-corrected chi connectivity index (χ2v) is 11.8. The molecule has 0 saturated heterocycles. The number of benzene rings is 4. The first-order valence-corrected chi connectivity index (χ1v) is 15.2. The lowest BCUT2D eigenvalue weighted by Gasteiger charge is -2.34. The van der Waals surface area contributed by atoms with E-state index in [-0.39, 0.29) is 27.8 Å². The predicted molar refractivity (Wildman–Crippen MR) is 175 cm³/mol. The van der Waals surface area contributed by atoms with Gasteiger partial charge in [-0.15, -0.1) is 0 Å². The highest BCUT2D eigenvalue weighted by molar-refractivity contribution is 6.01. The molecule has 0 spiro atoms. The van der Waals surface area contributed by atoms with E-state index in [0.717, 1.165) is 48.5 Å². The first-order valence-electron chi connectivity index (χ1n) is 15.2. The molecule has 10 N–H and O–H groups in total. The van der Waals surface area contributed by atoms with Gasteiger partial charge in [-0.3, -0.25) is 4.79 Å². The van der Waals surface area contributed by atoms with E-state index in [1.54, 1.807) is 0 Å². The van der Waals surface area contributed by atoms with E-state index < -0.39 is 112 Å². The van der Waals surface area contributed by atoms with Gasteiger partial charge in [0, 0.05) is 29.9 Å². The maximum Gasteiger partial charge on any atom is 0.345 e. The summed E-state index contributed by atoms with van der Waals surface area (Å²) in [6.07, 6.45) is -3.80. The van der Waals surface area contributed by atoms with Gasteiger partial charge >= 0.3 is 23.9 Å². The molecule has 0 bridgehead atoms. The average molecular weight is 719 g/mol. The zero-order valence-electron chi connectivity index (χ0n) is 26.6. The highest BCUT2D eigenvalue weighted by atomic mass is 16.6. The molecule has 1 aliphatic rings. The van der Waals surface area contributed by atoms with Crippen LogP contribution in [-0.2, 0) is 41.5 Å². The largest absolute Gasteiger partial charge is 0.504 e. The number of hydrogen-bond donors (Lipinski definition) is 10. The maximum absolute atomic E-state index is 14.2. The van der Waals surface area contributed by atoms with Gasteiger partial charge < -0.3 is 60.5 Å². The fourth-order valence-electron chi connectivity index (χ4n) is 5.80. The number of phenolic OH excluding ortho intramolecular Hbond substituents is 8. The summed E-state index contributed by atoms with van der Waals surface area (Å²) in [7, 11) is 0. The molecule has 0 unspecified atom stereocenters.